The van der Waals surface area contributed by atoms with E-state index in [-0.39, 0.29) is 25.3 Å². The highest BCUT2D eigenvalue weighted by Gasteiger charge is 2.17. The van der Waals surface area contributed by atoms with Gasteiger partial charge in [-0.2, -0.15) is 5.26 Å². The summed E-state index contributed by atoms with van der Waals surface area (Å²) in [5.41, 5.74) is 5.84. The molecular formula is C21H22N4O3S. The van der Waals surface area contributed by atoms with E-state index in [1.54, 1.807) is 19.1 Å². The quantitative estimate of drug-likeness (QED) is 0.508. The Bertz CT molecular complexity index is 910. The fraction of sp³-hybridized carbons (Fsp3) is 0.190. The van der Waals surface area contributed by atoms with Gasteiger partial charge in [0.2, 0.25) is 0 Å². The zero-order chi connectivity index (χ0) is 21.1. The third-order valence-corrected chi connectivity index (χ3v) is 4.71. The number of nitriles is 1. The zero-order valence-electron chi connectivity index (χ0n) is 16.0. The molecule has 2 amide bonds. The van der Waals surface area contributed by atoms with Gasteiger partial charge in [-0.3, -0.25) is 9.69 Å². The summed E-state index contributed by atoms with van der Waals surface area (Å²) in [7, 11) is 0. The van der Waals surface area contributed by atoms with Gasteiger partial charge >= 0.3 is 6.09 Å². The summed E-state index contributed by atoms with van der Waals surface area (Å²) >= 11 is 1.49. The molecule has 0 unspecified atom stereocenters. The number of rotatable bonds is 8. The van der Waals surface area contributed by atoms with E-state index in [0.29, 0.717) is 5.69 Å². The number of benzene rings is 2. The standard InChI is InChI=1S/C21H22N4O3S/c1-2-28-21(27)25(13-12-22)15-16(14-23)20(26)24-18-10-6-7-11-19(18)29-17-8-4-3-5-9-17/h3-11,15H,2,12-13,22H2,1H3,(H,24,26)/b16-15-. The van der Waals surface area contributed by atoms with E-state index in [0.717, 1.165) is 20.9 Å². The van der Waals surface area contributed by atoms with Crippen LogP contribution in [0.2, 0.25) is 0 Å². The maximum absolute atomic E-state index is 12.6. The van der Waals surface area contributed by atoms with Crippen molar-refractivity contribution in [1.82, 2.24) is 4.90 Å². The molecule has 0 radical (unpaired) electrons. The number of anilines is 1. The van der Waals surface area contributed by atoms with Crippen LogP contribution >= 0.6 is 11.8 Å². The van der Waals surface area contributed by atoms with Crippen LogP contribution in [-0.2, 0) is 9.53 Å². The van der Waals surface area contributed by atoms with Crippen LogP contribution in [0.1, 0.15) is 6.92 Å². The molecule has 2 aromatic carbocycles. The largest absolute Gasteiger partial charge is 0.449 e. The summed E-state index contributed by atoms with van der Waals surface area (Å²) in [6.45, 7) is 2.12. The molecule has 2 rings (SSSR count). The van der Waals surface area contributed by atoms with Crippen molar-refractivity contribution in [3.05, 3.63) is 66.4 Å². The number of nitrogens with two attached hydrogens (primary N) is 1. The molecule has 0 heterocycles. The van der Waals surface area contributed by atoms with Crippen molar-refractivity contribution in [2.75, 3.05) is 25.0 Å². The first-order chi connectivity index (χ1) is 14.1. The van der Waals surface area contributed by atoms with Crippen LogP contribution in [0, 0.1) is 11.3 Å². The third kappa shape index (κ3) is 6.68. The van der Waals surface area contributed by atoms with Crippen LogP contribution < -0.4 is 11.1 Å². The molecule has 150 valence electrons. The Hall–Kier alpha value is -3.28. The highest BCUT2D eigenvalue weighted by molar-refractivity contribution is 7.99. The molecule has 0 atom stereocenters. The minimum Gasteiger partial charge on any atom is -0.449 e. The van der Waals surface area contributed by atoms with E-state index < -0.39 is 12.0 Å². The van der Waals surface area contributed by atoms with Gasteiger partial charge in [-0.25, -0.2) is 4.79 Å². The molecule has 0 aliphatic carbocycles. The molecule has 0 aliphatic rings. The van der Waals surface area contributed by atoms with Crippen molar-refractivity contribution >= 4 is 29.4 Å². The van der Waals surface area contributed by atoms with Crippen LogP contribution in [0.5, 0.6) is 0 Å². The second-order valence-electron chi connectivity index (χ2n) is 5.70. The van der Waals surface area contributed by atoms with E-state index in [9.17, 15) is 14.9 Å². The topological polar surface area (TPSA) is 108 Å². The van der Waals surface area contributed by atoms with Crippen LogP contribution in [0.25, 0.3) is 0 Å². The molecule has 29 heavy (non-hydrogen) atoms. The highest BCUT2D eigenvalue weighted by atomic mass is 32.2. The van der Waals surface area contributed by atoms with Gasteiger partial charge in [0.05, 0.1) is 12.3 Å². The molecule has 0 saturated heterocycles. The maximum atomic E-state index is 12.6. The Labute approximate surface area is 174 Å². The molecule has 0 bridgehead atoms. The number of para-hydroxylation sites is 1. The van der Waals surface area contributed by atoms with Crippen LogP contribution in [-0.4, -0.2) is 36.6 Å². The predicted octanol–water partition coefficient (Wildman–Crippen LogP) is 3.60. The molecule has 8 heteroatoms. The monoisotopic (exact) mass is 410 g/mol. The SMILES string of the molecule is CCOC(=O)N(/C=C(/C#N)C(=O)Nc1ccccc1Sc1ccccc1)CCN. The number of carbonyl (C=O) groups is 2. The van der Waals surface area contributed by atoms with Crippen molar-refractivity contribution < 1.29 is 14.3 Å². The first kappa shape index (κ1) is 22.0. The average molecular weight is 410 g/mol. The van der Waals surface area contributed by atoms with Crippen molar-refractivity contribution in [2.45, 2.75) is 16.7 Å². The number of nitrogens with zero attached hydrogens (tertiary/aromatic N) is 2. The normalized spacial score (nSPS) is 10.7. The number of ether oxygens (including phenoxy) is 1. The van der Waals surface area contributed by atoms with Crippen LogP contribution in [0.3, 0.4) is 0 Å². The second-order valence-corrected chi connectivity index (χ2v) is 6.82. The molecule has 0 spiro atoms. The maximum Gasteiger partial charge on any atom is 0.413 e. The van der Waals surface area contributed by atoms with Gasteiger partial charge in [0.25, 0.3) is 5.91 Å². The molecule has 7 nitrogen and oxygen atoms in total. The Morgan fingerprint density at radius 1 is 1.21 bits per heavy atom. The Balaban J connectivity index is 2.21. The van der Waals surface area contributed by atoms with E-state index in [1.807, 2.05) is 48.5 Å². The van der Waals surface area contributed by atoms with Crippen molar-refractivity contribution in [1.29, 1.82) is 5.26 Å². The van der Waals surface area contributed by atoms with Gasteiger partial charge in [-0.05, 0) is 31.2 Å². The molecule has 0 aromatic heterocycles. The van der Waals surface area contributed by atoms with E-state index in [2.05, 4.69) is 5.32 Å². The lowest BCUT2D eigenvalue weighted by Crippen LogP contribution is -2.32. The summed E-state index contributed by atoms with van der Waals surface area (Å²) in [5, 5.41) is 12.2. The molecular weight excluding hydrogens is 388 g/mol. The summed E-state index contributed by atoms with van der Waals surface area (Å²) in [6, 6.07) is 18.8. The lowest BCUT2D eigenvalue weighted by atomic mass is 10.2. The fourth-order valence-electron chi connectivity index (χ4n) is 2.31. The number of hydrogen-bond acceptors (Lipinski definition) is 6. The summed E-state index contributed by atoms with van der Waals surface area (Å²) in [4.78, 5) is 27.6. The van der Waals surface area contributed by atoms with Crippen LogP contribution in [0.4, 0.5) is 10.5 Å². The Morgan fingerprint density at radius 3 is 2.55 bits per heavy atom. The van der Waals surface area contributed by atoms with Gasteiger partial charge in [-0.15, -0.1) is 0 Å². The van der Waals surface area contributed by atoms with E-state index in [4.69, 9.17) is 10.5 Å². The Morgan fingerprint density at radius 2 is 1.90 bits per heavy atom. The lowest BCUT2D eigenvalue weighted by Gasteiger charge is -2.17. The summed E-state index contributed by atoms with van der Waals surface area (Å²) < 4.78 is 4.93. The predicted molar refractivity (Wildman–Crippen MR) is 112 cm³/mol. The minimum absolute atomic E-state index is 0.123. The molecule has 0 fully saturated rings. The van der Waals surface area contributed by atoms with Gasteiger partial charge < -0.3 is 15.8 Å². The molecule has 0 aliphatic heterocycles. The smallest absolute Gasteiger partial charge is 0.413 e. The second kappa shape index (κ2) is 11.5. The van der Waals surface area contributed by atoms with Crippen molar-refractivity contribution in [3.8, 4) is 6.07 Å². The summed E-state index contributed by atoms with van der Waals surface area (Å²) in [5.74, 6) is -0.625. The molecule has 3 N–H and O–H groups in total. The number of carbonyl (C=O) groups excluding carboxylic acids is 2. The van der Waals surface area contributed by atoms with Gasteiger partial charge in [0, 0.05) is 29.1 Å². The van der Waals surface area contributed by atoms with Crippen molar-refractivity contribution in [3.63, 3.8) is 0 Å². The highest BCUT2D eigenvalue weighted by Crippen LogP contribution is 2.33. The molecule has 0 saturated carbocycles. The average Bonchev–Trinajstić information content (AvgIpc) is 2.73. The minimum atomic E-state index is -0.668. The van der Waals surface area contributed by atoms with Gasteiger partial charge in [0.15, 0.2) is 0 Å². The van der Waals surface area contributed by atoms with E-state index in [1.165, 1.54) is 11.8 Å². The zero-order valence-corrected chi connectivity index (χ0v) is 16.8. The van der Waals surface area contributed by atoms with Crippen LogP contribution in [0.15, 0.2) is 76.2 Å². The van der Waals surface area contributed by atoms with Gasteiger partial charge in [-0.1, -0.05) is 42.1 Å². The first-order valence-corrected chi connectivity index (χ1v) is 9.79. The van der Waals surface area contributed by atoms with Gasteiger partial charge in [0.1, 0.15) is 11.6 Å². The summed E-state index contributed by atoms with van der Waals surface area (Å²) in [6.07, 6.45) is 0.492. The van der Waals surface area contributed by atoms with E-state index >= 15 is 0 Å². The number of amides is 2. The fourth-order valence-corrected chi connectivity index (χ4v) is 3.23. The van der Waals surface area contributed by atoms with Crippen molar-refractivity contribution in [2.24, 2.45) is 5.73 Å². The Kier molecular flexibility index (Phi) is 8.76. The first-order valence-electron chi connectivity index (χ1n) is 8.97. The number of hydrogen-bond donors (Lipinski definition) is 2. The number of nitrogens with one attached hydrogen (secondary N) is 1. The molecule has 2 aromatic rings. The lowest BCUT2D eigenvalue weighted by molar-refractivity contribution is -0.112. The third-order valence-electron chi connectivity index (χ3n) is 3.63.